The van der Waals surface area contributed by atoms with Crippen LogP contribution >= 0.6 is 0 Å². The maximum absolute atomic E-state index is 4.65. The number of nitrogens with zero attached hydrogens (tertiary/aromatic N) is 2. The Labute approximate surface area is 144 Å². The third-order valence-electron chi connectivity index (χ3n) is 3.51. The first-order valence-corrected chi connectivity index (χ1v) is 7.12. The number of benzene rings is 2. The van der Waals surface area contributed by atoms with Gasteiger partial charge in [-0.25, -0.2) is 4.98 Å². The quantitative estimate of drug-likeness (QED) is 0.420. The summed E-state index contributed by atoms with van der Waals surface area (Å²) in [5.41, 5.74) is 4.83. The molecule has 0 atom stereocenters. The van der Waals surface area contributed by atoms with Crippen LogP contribution in [-0.4, -0.2) is 21.2 Å². The van der Waals surface area contributed by atoms with Crippen LogP contribution in [0.5, 0.6) is 0 Å². The van der Waals surface area contributed by atoms with Crippen LogP contribution in [0.3, 0.4) is 0 Å². The van der Waals surface area contributed by atoms with Gasteiger partial charge < -0.3 is 9.97 Å². The minimum Gasteiger partial charge on any atom is -0.360 e. The maximum atomic E-state index is 4.65. The predicted octanol–water partition coefficient (Wildman–Crippen LogP) is 4.31. The average Bonchev–Trinajstić information content (AvgIpc) is 3.22. The van der Waals surface area contributed by atoms with Gasteiger partial charge in [0, 0.05) is 28.8 Å². The second-order valence-electron chi connectivity index (χ2n) is 5.00. The van der Waals surface area contributed by atoms with Gasteiger partial charge >= 0.3 is 0 Å². The summed E-state index contributed by atoms with van der Waals surface area (Å²) < 4.78 is 0. The smallest absolute Gasteiger partial charge is 0.140 e. The predicted molar refractivity (Wildman–Crippen MR) is 89.6 cm³/mol. The topological polar surface area (TPSA) is 56.8 Å². The van der Waals surface area contributed by atoms with Gasteiger partial charge in [-0.1, -0.05) is 24.3 Å². The number of imidazole rings is 1. The van der Waals surface area contributed by atoms with Gasteiger partial charge in [0.2, 0.25) is 0 Å². The summed E-state index contributed by atoms with van der Waals surface area (Å²) in [4.78, 5) is 15.7. The van der Waals surface area contributed by atoms with Crippen molar-refractivity contribution in [1.29, 1.82) is 0 Å². The zero-order valence-corrected chi connectivity index (χ0v) is 13.1. The third-order valence-corrected chi connectivity index (χ3v) is 3.51. The number of aromatic nitrogens is 3. The Morgan fingerprint density at radius 2 is 1.74 bits per heavy atom. The van der Waals surface area contributed by atoms with Crippen LogP contribution in [0.1, 0.15) is 5.69 Å². The molecule has 4 aromatic rings. The monoisotopic (exact) mass is 349 g/mol. The van der Waals surface area contributed by atoms with E-state index in [0.717, 1.165) is 33.8 Å². The average molecular weight is 350 g/mol. The zero-order valence-electron chi connectivity index (χ0n) is 12.1. The summed E-state index contributed by atoms with van der Waals surface area (Å²) in [6.07, 6.45) is 3.70. The fourth-order valence-electron chi connectivity index (χ4n) is 2.43. The van der Waals surface area contributed by atoms with Crippen LogP contribution in [0.2, 0.25) is 0 Å². The Hall–Kier alpha value is -2.62. The molecule has 5 heteroatoms. The Kier molecular flexibility index (Phi) is 4.42. The van der Waals surface area contributed by atoms with E-state index in [9.17, 15) is 0 Å². The molecule has 0 fully saturated rings. The van der Waals surface area contributed by atoms with Crippen molar-refractivity contribution in [2.24, 2.45) is 4.99 Å². The molecule has 2 N–H and O–H groups in total. The molecular weight excluding hydrogens is 336 g/mol. The summed E-state index contributed by atoms with van der Waals surface area (Å²) >= 11 is 0. The largest absolute Gasteiger partial charge is 0.360 e. The van der Waals surface area contributed by atoms with Crippen LogP contribution in [0.15, 0.2) is 71.9 Å². The van der Waals surface area contributed by atoms with Crippen molar-refractivity contribution in [1.82, 2.24) is 15.0 Å². The van der Waals surface area contributed by atoms with Gasteiger partial charge in [-0.15, -0.1) is 0 Å². The molecule has 4 nitrogen and oxygen atoms in total. The summed E-state index contributed by atoms with van der Waals surface area (Å²) in [6, 6.07) is 19.9. The number of hydrogen-bond acceptors (Lipinski definition) is 2. The van der Waals surface area contributed by atoms with Crippen LogP contribution in [0.25, 0.3) is 22.4 Å². The summed E-state index contributed by atoms with van der Waals surface area (Å²) in [5.74, 6) is 0.834. The van der Waals surface area contributed by atoms with E-state index in [0.29, 0.717) is 0 Å². The van der Waals surface area contributed by atoms with Gasteiger partial charge in [0.1, 0.15) is 5.82 Å². The Balaban J connectivity index is 0.00000156. The number of aliphatic imine (C=N–C) groups is 1. The van der Waals surface area contributed by atoms with Crippen molar-refractivity contribution >= 4 is 22.9 Å². The molecule has 0 saturated heterocycles. The second kappa shape index (κ2) is 6.65. The Bertz CT molecular complexity index is 905. The van der Waals surface area contributed by atoms with E-state index >= 15 is 0 Å². The van der Waals surface area contributed by atoms with Crippen molar-refractivity contribution in [3.05, 3.63) is 72.6 Å². The first-order chi connectivity index (χ1) is 10.9. The van der Waals surface area contributed by atoms with Crippen molar-refractivity contribution in [3.63, 3.8) is 0 Å². The SMILES string of the molecule is C(=N\c1ccccc1-c1nc2ccccc2[nH]1)/c1ccc[nH]1.[Cu]. The number of rotatable bonds is 3. The fourth-order valence-corrected chi connectivity index (χ4v) is 2.43. The Morgan fingerprint density at radius 1 is 0.913 bits per heavy atom. The number of aromatic amines is 2. The van der Waals surface area contributed by atoms with E-state index in [1.165, 1.54) is 0 Å². The minimum absolute atomic E-state index is 0. The molecule has 0 aliphatic heterocycles. The van der Waals surface area contributed by atoms with E-state index in [4.69, 9.17) is 0 Å². The molecule has 0 aliphatic rings. The first kappa shape index (κ1) is 15.3. The minimum atomic E-state index is 0. The second-order valence-corrected chi connectivity index (χ2v) is 5.00. The molecule has 0 amide bonds. The molecule has 2 aromatic heterocycles. The van der Waals surface area contributed by atoms with Gasteiger partial charge in [-0.05, 0) is 36.4 Å². The van der Waals surface area contributed by atoms with Crippen molar-refractivity contribution in [2.45, 2.75) is 0 Å². The summed E-state index contributed by atoms with van der Waals surface area (Å²) in [7, 11) is 0. The van der Waals surface area contributed by atoms with Crippen LogP contribution in [0.4, 0.5) is 5.69 Å². The molecule has 4 rings (SSSR count). The molecule has 0 spiro atoms. The summed E-state index contributed by atoms with van der Waals surface area (Å²) in [6.45, 7) is 0. The number of hydrogen-bond donors (Lipinski definition) is 2. The van der Waals surface area contributed by atoms with E-state index in [1.54, 1.807) is 0 Å². The number of para-hydroxylation sites is 3. The molecule has 0 unspecified atom stereocenters. The van der Waals surface area contributed by atoms with E-state index in [-0.39, 0.29) is 17.1 Å². The van der Waals surface area contributed by atoms with Gasteiger partial charge in [0.05, 0.1) is 28.6 Å². The van der Waals surface area contributed by atoms with Gasteiger partial charge in [0.25, 0.3) is 0 Å². The molecule has 0 bridgehead atoms. The van der Waals surface area contributed by atoms with Crippen molar-refractivity contribution < 1.29 is 17.1 Å². The standard InChI is InChI=1S/C18H14N4.Cu/c1-2-8-15(20-12-13-6-5-11-19-13)14(7-1)18-21-16-9-3-4-10-17(16)22-18;/h1-12,19H,(H,21,22);/b20-12+;. The number of H-pyrrole nitrogens is 2. The molecule has 23 heavy (non-hydrogen) atoms. The molecular formula is C18H14CuN4. The Morgan fingerprint density at radius 3 is 2.57 bits per heavy atom. The van der Waals surface area contributed by atoms with Crippen LogP contribution in [0, 0.1) is 0 Å². The third kappa shape index (κ3) is 3.11. The zero-order chi connectivity index (χ0) is 14.8. The summed E-state index contributed by atoms with van der Waals surface area (Å²) in [5, 5.41) is 0. The van der Waals surface area contributed by atoms with Gasteiger partial charge in [-0.2, -0.15) is 0 Å². The molecule has 2 heterocycles. The van der Waals surface area contributed by atoms with E-state index in [2.05, 4.69) is 19.9 Å². The molecule has 2 aromatic carbocycles. The van der Waals surface area contributed by atoms with Crippen LogP contribution in [-0.2, 0) is 17.1 Å². The normalized spacial score (nSPS) is 11.0. The van der Waals surface area contributed by atoms with Gasteiger partial charge in [-0.3, -0.25) is 4.99 Å². The van der Waals surface area contributed by atoms with Gasteiger partial charge in [0.15, 0.2) is 0 Å². The molecule has 117 valence electrons. The van der Waals surface area contributed by atoms with E-state index in [1.807, 2.05) is 73.1 Å². The molecule has 0 aliphatic carbocycles. The van der Waals surface area contributed by atoms with Crippen molar-refractivity contribution in [2.75, 3.05) is 0 Å². The van der Waals surface area contributed by atoms with E-state index < -0.39 is 0 Å². The molecule has 1 radical (unpaired) electrons. The maximum Gasteiger partial charge on any atom is 0.140 e. The number of fused-ring (bicyclic) bond motifs is 1. The van der Waals surface area contributed by atoms with Crippen LogP contribution < -0.4 is 0 Å². The van der Waals surface area contributed by atoms with Crippen molar-refractivity contribution in [3.8, 4) is 11.4 Å². The fraction of sp³-hybridized carbons (Fsp3) is 0. The first-order valence-electron chi connectivity index (χ1n) is 7.12. The number of nitrogens with one attached hydrogen (secondary N) is 2. The molecule has 0 saturated carbocycles.